The summed E-state index contributed by atoms with van der Waals surface area (Å²) in [5.74, 6) is -0.508. The van der Waals surface area contributed by atoms with Gasteiger partial charge in [0, 0.05) is 18.9 Å². The van der Waals surface area contributed by atoms with Gasteiger partial charge in [0.25, 0.3) is 5.91 Å². The second-order valence-electron chi connectivity index (χ2n) is 3.99. The van der Waals surface area contributed by atoms with E-state index in [0.29, 0.717) is 23.6 Å². The highest BCUT2D eigenvalue weighted by Gasteiger charge is 2.08. The molecule has 2 aromatic rings. The summed E-state index contributed by atoms with van der Waals surface area (Å²) in [5, 5.41) is 3.08. The van der Waals surface area contributed by atoms with Crippen LogP contribution < -0.4 is 5.32 Å². The Bertz CT molecular complexity index is 572. The summed E-state index contributed by atoms with van der Waals surface area (Å²) < 4.78 is 12.7. The fourth-order valence-corrected chi connectivity index (χ4v) is 1.83. The van der Waals surface area contributed by atoms with E-state index in [2.05, 4.69) is 10.3 Å². The zero-order valence-electron chi connectivity index (χ0n) is 10.1. The third-order valence-electron chi connectivity index (χ3n) is 2.63. The van der Waals surface area contributed by atoms with Crippen molar-refractivity contribution in [3.8, 4) is 0 Å². The number of hydrogen-bond donors (Lipinski definition) is 1. The lowest BCUT2D eigenvalue weighted by atomic mass is 10.1. The minimum Gasteiger partial charge on any atom is -0.352 e. The fourth-order valence-electron chi connectivity index (χ4n) is 1.63. The van der Waals surface area contributed by atoms with Crippen molar-refractivity contribution >= 4 is 17.5 Å². The van der Waals surface area contributed by atoms with Gasteiger partial charge in [0.15, 0.2) is 0 Å². The highest BCUT2D eigenvalue weighted by molar-refractivity contribution is 6.33. The summed E-state index contributed by atoms with van der Waals surface area (Å²) >= 11 is 5.87. The maximum absolute atomic E-state index is 12.7. The van der Waals surface area contributed by atoms with Crippen LogP contribution in [-0.2, 0) is 6.42 Å². The van der Waals surface area contributed by atoms with E-state index in [1.54, 1.807) is 18.2 Å². The standard InChI is InChI=1S/C14H12ClFN2O/c15-13-9-17-7-6-12(13)14(19)18-8-5-10-1-3-11(16)4-2-10/h1-4,6-7,9H,5,8H2,(H,18,19). The number of hydrogen-bond acceptors (Lipinski definition) is 2. The van der Waals surface area contributed by atoms with Crippen molar-refractivity contribution in [3.63, 3.8) is 0 Å². The number of carbonyl (C=O) groups is 1. The Hall–Kier alpha value is -1.94. The molecular weight excluding hydrogens is 267 g/mol. The first-order valence-corrected chi connectivity index (χ1v) is 6.17. The molecule has 1 amide bonds. The molecule has 0 unspecified atom stereocenters. The second-order valence-corrected chi connectivity index (χ2v) is 4.40. The molecule has 0 spiro atoms. The number of amides is 1. The molecule has 2 rings (SSSR count). The van der Waals surface area contributed by atoms with Crippen LogP contribution >= 0.6 is 11.6 Å². The summed E-state index contributed by atoms with van der Waals surface area (Å²) in [7, 11) is 0. The zero-order chi connectivity index (χ0) is 13.7. The Morgan fingerprint density at radius 2 is 2.00 bits per heavy atom. The quantitative estimate of drug-likeness (QED) is 0.934. The van der Waals surface area contributed by atoms with Crippen molar-refractivity contribution in [1.82, 2.24) is 10.3 Å². The van der Waals surface area contributed by atoms with Crippen LogP contribution in [0.25, 0.3) is 0 Å². The Morgan fingerprint density at radius 3 is 2.68 bits per heavy atom. The number of halogens is 2. The van der Waals surface area contributed by atoms with Crippen molar-refractivity contribution in [2.75, 3.05) is 6.54 Å². The molecule has 3 nitrogen and oxygen atoms in total. The average molecular weight is 279 g/mol. The molecule has 0 fully saturated rings. The van der Waals surface area contributed by atoms with Crippen LogP contribution in [0.15, 0.2) is 42.7 Å². The topological polar surface area (TPSA) is 42.0 Å². The third kappa shape index (κ3) is 3.76. The molecule has 0 atom stereocenters. The smallest absolute Gasteiger partial charge is 0.252 e. The van der Waals surface area contributed by atoms with Gasteiger partial charge in [-0.05, 0) is 30.2 Å². The number of aromatic nitrogens is 1. The fraction of sp³-hybridized carbons (Fsp3) is 0.143. The van der Waals surface area contributed by atoms with Gasteiger partial charge in [-0.2, -0.15) is 0 Å². The Morgan fingerprint density at radius 1 is 1.26 bits per heavy atom. The van der Waals surface area contributed by atoms with E-state index in [1.165, 1.54) is 24.5 Å². The van der Waals surface area contributed by atoms with Crippen LogP contribution in [0.2, 0.25) is 5.02 Å². The lowest BCUT2D eigenvalue weighted by Crippen LogP contribution is -2.26. The van der Waals surface area contributed by atoms with E-state index in [9.17, 15) is 9.18 Å². The van der Waals surface area contributed by atoms with Crippen LogP contribution in [0, 0.1) is 5.82 Å². The Labute approximate surface area is 115 Å². The van der Waals surface area contributed by atoms with Crippen LogP contribution in [0.4, 0.5) is 4.39 Å². The number of pyridine rings is 1. The van der Waals surface area contributed by atoms with E-state index in [4.69, 9.17) is 11.6 Å². The predicted octanol–water partition coefficient (Wildman–Crippen LogP) is 2.85. The molecule has 1 aromatic heterocycles. The second kappa shape index (κ2) is 6.29. The lowest BCUT2D eigenvalue weighted by molar-refractivity contribution is 0.0954. The van der Waals surface area contributed by atoms with Crippen LogP contribution in [0.5, 0.6) is 0 Å². The number of benzene rings is 1. The van der Waals surface area contributed by atoms with E-state index in [-0.39, 0.29) is 11.7 Å². The third-order valence-corrected chi connectivity index (χ3v) is 2.93. The summed E-state index contributed by atoms with van der Waals surface area (Å²) in [5.41, 5.74) is 1.36. The monoisotopic (exact) mass is 278 g/mol. The molecular formula is C14H12ClFN2O. The van der Waals surface area contributed by atoms with Gasteiger partial charge in [0.1, 0.15) is 5.82 Å². The summed E-state index contributed by atoms with van der Waals surface area (Å²) in [6.45, 7) is 0.461. The summed E-state index contributed by atoms with van der Waals surface area (Å²) in [4.78, 5) is 15.6. The van der Waals surface area contributed by atoms with Gasteiger partial charge in [0.2, 0.25) is 0 Å². The van der Waals surface area contributed by atoms with Crippen LogP contribution in [0.3, 0.4) is 0 Å². The van der Waals surface area contributed by atoms with Gasteiger partial charge in [-0.25, -0.2) is 4.39 Å². The van der Waals surface area contributed by atoms with Crippen LogP contribution in [0.1, 0.15) is 15.9 Å². The molecule has 0 aliphatic rings. The average Bonchev–Trinajstić information content (AvgIpc) is 2.41. The lowest BCUT2D eigenvalue weighted by Gasteiger charge is -2.06. The molecule has 0 saturated heterocycles. The van der Waals surface area contributed by atoms with Gasteiger partial charge >= 0.3 is 0 Å². The van der Waals surface area contributed by atoms with Crippen molar-refractivity contribution in [1.29, 1.82) is 0 Å². The first-order valence-electron chi connectivity index (χ1n) is 5.79. The summed E-state index contributed by atoms with van der Waals surface area (Å²) in [6, 6.07) is 7.76. The molecule has 98 valence electrons. The molecule has 1 aromatic carbocycles. The molecule has 1 heterocycles. The van der Waals surface area contributed by atoms with Gasteiger partial charge in [-0.1, -0.05) is 23.7 Å². The van der Waals surface area contributed by atoms with Crippen molar-refractivity contribution < 1.29 is 9.18 Å². The van der Waals surface area contributed by atoms with Crippen molar-refractivity contribution in [2.45, 2.75) is 6.42 Å². The first-order chi connectivity index (χ1) is 9.16. The maximum Gasteiger partial charge on any atom is 0.252 e. The highest BCUT2D eigenvalue weighted by atomic mass is 35.5. The minimum absolute atomic E-state index is 0.241. The van der Waals surface area contributed by atoms with E-state index < -0.39 is 0 Å². The minimum atomic E-state index is -0.267. The van der Waals surface area contributed by atoms with Crippen molar-refractivity contribution in [3.05, 3.63) is 64.7 Å². The molecule has 1 N–H and O–H groups in total. The first kappa shape index (κ1) is 13.5. The largest absolute Gasteiger partial charge is 0.352 e. The van der Waals surface area contributed by atoms with Crippen LogP contribution in [-0.4, -0.2) is 17.4 Å². The normalized spacial score (nSPS) is 10.2. The SMILES string of the molecule is O=C(NCCc1ccc(F)cc1)c1ccncc1Cl. The summed E-state index contributed by atoms with van der Waals surface area (Å²) in [6.07, 6.45) is 3.58. The van der Waals surface area contributed by atoms with Gasteiger partial charge in [-0.3, -0.25) is 9.78 Å². The number of nitrogens with zero attached hydrogens (tertiary/aromatic N) is 1. The van der Waals surface area contributed by atoms with E-state index in [0.717, 1.165) is 5.56 Å². The number of rotatable bonds is 4. The Balaban J connectivity index is 1.88. The molecule has 19 heavy (non-hydrogen) atoms. The molecule has 0 aliphatic carbocycles. The maximum atomic E-state index is 12.7. The predicted molar refractivity (Wildman–Crippen MR) is 71.7 cm³/mol. The highest BCUT2D eigenvalue weighted by Crippen LogP contribution is 2.12. The van der Waals surface area contributed by atoms with E-state index in [1.807, 2.05) is 0 Å². The number of nitrogens with one attached hydrogen (secondary N) is 1. The number of carbonyl (C=O) groups excluding carboxylic acids is 1. The Kier molecular flexibility index (Phi) is 4.47. The van der Waals surface area contributed by atoms with E-state index >= 15 is 0 Å². The zero-order valence-corrected chi connectivity index (χ0v) is 10.8. The molecule has 5 heteroatoms. The molecule has 0 radical (unpaired) electrons. The van der Waals surface area contributed by atoms with Gasteiger partial charge in [0.05, 0.1) is 10.6 Å². The van der Waals surface area contributed by atoms with Gasteiger partial charge in [-0.15, -0.1) is 0 Å². The molecule has 0 aliphatic heterocycles. The van der Waals surface area contributed by atoms with Gasteiger partial charge < -0.3 is 5.32 Å². The molecule has 0 saturated carbocycles. The van der Waals surface area contributed by atoms with Crippen molar-refractivity contribution in [2.24, 2.45) is 0 Å². The molecule has 0 bridgehead atoms.